The van der Waals surface area contributed by atoms with E-state index in [1.807, 2.05) is 13.0 Å². The Hall–Kier alpha value is -1.22. The molecule has 3 N–H and O–H groups in total. The van der Waals surface area contributed by atoms with E-state index in [1.54, 1.807) is 12.3 Å². The molecular weight excluding hydrogens is 174 g/mol. The lowest BCUT2D eigenvalue weighted by atomic mass is 10.3. The number of halogens is 1. The van der Waals surface area contributed by atoms with Gasteiger partial charge in [0.15, 0.2) is 0 Å². The molecule has 64 valence electrons. The van der Waals surface area contributed by atoms with E-state index in [2.05, 4.69) is 9.98 Å². The maximum Gasteiger partial charge on any atom is 0.140 e. The molecule has 0 aliphatic heterocycles. The summed E-state index contributed by atoms with van der Waals surface area (Å²) in [7, 11) is 0. The van der Waals surface area contributed by atoms with Crippen molar-refractivity contribution in [3.63, 3.8) is 0 Å². The average Bonchev–Trinajstić information content (AvgIpc) is 2.52. The van der Waals surface area contributed by atoms with E-state index in [-0.39, 0.29) is 0 Å². The number of nitrogens with two attached hydrogens (primary N) is 1. The highest BCUT2D eigenvalue weighted by atomic mass is 35.5. The van der Waals surface area contributed by atoms with Crippen LogP contribution in [0.4, 0.5) is 5.82 Å². The molecule has 1 heterocycles. The number of H-pyrrole nitrogens is 1. The van der Waals surface area contributed by atoms with Crippen molar-refractivity contribution < 1.29 is 0 Å². The molecule has 1 aromatic rings. The number of rotatable bonds is 2. The van der Waals surface area contributed by atoms with E-state index in [1.165, 1.54) is 6.34 Å². The van der Waals surface area contributed by atoms with Crippen LogP contribution in [0.5, 0.6) is 0 Å². The first-order chi connectivity index (χ1) is 5.79. The van der Waals surface area contributed by atoms with Crippen molar-refractivity contribution in [2.24, 2.45) is 10.7 Å². The first kappa shape index (κ1) is 8.87. The molecule has 12 heavy (non-hydrogen) atoms. The van der Waals surface area contributed by atoms with Crippen LogP contribution in [0, 0.1) is 0 Å². The molecule has 1 aromatic heterocycles. The van der Waals surface area contributed by atoms with Gasteiger partial charge in [-0.15, -0.1) is 0 Å². The minimum atomic E-state index is 0.664. The average molecular weight is 184 g/mol. The largest absolute Gasteiger partial charge is 0.390 e. The summed E-state index contributed by atoms with van der Waals surface area (Å²) in [6.07, 6.45) is 4.80. The Morgan fingerprint density at radius 1 is 1.75 bits per heavy atom. The normalized spacial score (nSPS) is 12.7. The van der Waals surface area contributed by atoms with Crippen LogP contribution in [-0.2, 0) is 0 Å². The fourth-order valence-corrected chi connectivity index (χ4v) is 1.04. The fourth-order valence-electron chi connectivity index (χ4n) is 0.890. The van der Waals surface area contributed by atoms with E-state index in [9.17, 15) is 0 Å². The van der Waals surface area contributed by atoms with Crippen molar-refractivity contribution in [2.75, 3.05) is 0 Å². The molecule has 4 heteroatoms. The zero-order valence-corrected chi connectivity index (χ0v) is 7.47. The second-order valence-corrected chi connectivity index (χ2v) is 2.56. The van der Waals surface area contributed by atoms with Gasteiger partial charge in [0.05, 0.1) is 6.34 Å². The molecule has 0 radical (unpaired) electrons. The number of hydrogen-bond acceptors (Lipinski definition) is 1. The third-order valence-electron chi connectivity index (χ3n) is 1.44. The SMILES string of the molecule is C/C=C(/Cl)c1cc[nH]c1N=CN. The molecule has 1 rings (SSSR count). The van der Waals surface area contributed by atoms with Crippen molar-refractivity contribution in [3.05, 3.63) is 23.9 Å². The number of allylic oxidation sites excluding steroid dienone is 1. The van der Waals surface area contributed by atoms with Gasteiger partial charge in [-0.1, -0.05) is 17.7 Å². The first-order valence-electron chi connectivity index (χ1n) is 3.53. The molecular formula is C8H10ClN3. The first-order valence-corrected chi connectivity index (χ1v) is 3.91. The second kappa shape index (κ2) is 3.97. The highest BCUT2D eigenvalue weighted by molar-refractivity contribution is 6.49. The molecule has 0 spiro atoms. The molecule has 0 saturated carbocycles. The molecule has 0 bridgehead atoms. The summed E-state index contributed by atoms with van der Waals surface area (Å²) in [5.74, 6) is 0.681. The Kier molecular flexibility index (Phi) is 2.94. The summed E-state index contributed by atoms with van der Waals surface area (Å²) < 4.78 is 0. The van der Waals surface area contributed by atoms with Gasteiger partial charge in [-0.05, 0) is 13.0 Å². The Labute approximate surface area is 75.9 Å². The molecule has 0 unspecified atom stereocenters. The molecule has 0 aromatic carbocycles. The highest BCUT2D eigenvalue weighted by Crippen LogP contribution is 2.27. The van der Waals surface area contributed by atoms with E-state index in [4.69, 9.17) is 17.3 Å². The molecule has 0 aliphatic carbocycles. The minimum Gasteiger partial charge on any atom is -0.390 e. The third-order valence-corrected chi connectivity index (χ3v) is 1.86. The van der Waals surface area contributed by atoms with Crippen LogP contribution in [0.1, 0.15) is 12.5 Å². The highest BCUT2D eigenvalue weighted by Gasteiger charge is 2.03. The third kappa shape index (κ3) is 1.68. The summed E-state index contributed by atoms with van der Waals surface area (Å²) in [6, 6.07) is 1.85. The van der Waals surface area contributed by atoms with Crippen LogP contribution in [-0.4, -0.2) is 11.3 Å². The number of aromatic nitrogens is 1. The lowest BCUT2D eigenvalue weighted by molar-refractivity contribution is 1.33. The number of nitrogens with zero attached hydrogens (tertiary/aromatic N) is 1. The van der Waals surface area contributed by atoms with Crippen molar-refractivity contribution >= 4 is 28.8 Å². The minimum absolute atomic E-state index is 0.664. The van der Waals surface area contributed by atoms with Crippen LogP contribution in [0.3, 0.4) is 0 Å². The van der Waals surface area contributed by atoms with Gasteiger partial charge in [0.1, 0.15) is 5.82 Å². The Morgan fingerprint density at radius 3 is 3.08 bits per heavy atom. The van der Waals surface area contributed by atoms with Gasteiger partial charge in [-0.2, -0.15) is 0 Å². The summed E-state index contributed by atoms with van der Waals surface area (Å²) in [6.45, 7) is 1.87. The monoisotopic (exact) mass is 183 g/mol. The van der Waals surface area contributed by atoms with E-state index >= 15 is 0 Å². The second-order valence-electron chi connectivity index (χ2n) is 2.15. The lowest BCUT2D eigenvalue weighted by Gasteiger charge is -1.94. The quantitative estimate of drug-likeness (QED) is 0.536. The fraction of sp³-hybridized carbons (Fsp3) is 0.125. The summed E-state index contributed by atoms with van der Waals surface area (Å²) >= 11 is 5.90. The van der Waals surface area contributed by atoms with Crippen molar-refractivity contribution in [2.45, 2.75) is 6.92 Å². The molecule has 0 atom stereocenters. The molecule has 3 nitrogen and oxygen atoms in total. The van der Waals surface area contributed by atoms with Gasteiger partial charge >= 0.3 is 0 Å². The summed E-state index contributed by atoms with van der Waals surface area (Å²) in [5, 5.41) is 0.664. The molecule has 0 amide bonds. The Bertz CT molecular complexity index is 312. The van der Waals surface area contributed by atoms with Gasteiger partial charge in [-0.3, -0.25) is 0 Å². The van der Waals surface area contributed by atoms with Crippen LogP contribution >= 0.6 is 11.6 Å². The van der Waals surface area contributed by atoms with Crippen molar-refractivity contribution in [1.29, 1.82) is 0 Å². The number of nitrogens with one attached hydrogen (secondary N) is 1. The van der Waals surface area contributed by atoms with Crippen LogP contribution < -0.4 is 5.73 Å². The van der Waals surface area contributed by atoms with Crippen LogP contribution in [0.15, 0.2) is 23.3 Å². The summed E-state index contributed by atoms with van der Waals surface area (Å²) in [4.78, 5) is 6.83. The topological polar surface area (TPSA) is 54.2 Å². The maximum atomic E-state index is 5.90. The van der Waals surface area contributed by atoms with Crippen LogP contribution in [0.2, 0.25) is 0 Å². The Morgan fingerprint density at radius 2 is 2.50 bits per heavy atom. The van der Waals surface area contributed by atoms with Crippen molar-refractivity contribution in [1.82, 2.24) is 4.98 Å². The van der Waals surface area contributed by atoms with Gasteiger partial charge in [-0.25, -0.2) is 4.99 Å². The number of aromatic amines is 1. The van der Waals surface area contributed by atoms with Gasteiger partial charge in [0.25, 0.3) is 0 Å². The summed E-state index contributed by atoms with van der Waals surface area (Å²) in [5.41, 5.74) is 6.02. The predicted molar refractivity (Wildman–Crippen MR) is 52.6 cm³/mol. The van der Waals surface area contributed by atoms with E-state index < -0.39 is 0 Å². The molecule has 0 fully saturated rings. The van der Waals surface area contributed by atoms with E-state index in [0.29, 0.717) is 10.9 Å². The van der Waals surface area contributed by atoms with Gasteiger partial charge < -0.3 is 10.7 Å². The smallest absolute Gasteiger partial charge is 0.140 e. The standard InChI is InChI=1S/C8H10ClN3/c1-2-7(9)6-3-4-11-8(6)12-5-10/h2-5,11H,1H3,(H2,10,12)/b7-2+. The van der Waals surface area contributed by atoms with E-state index in [0.717, 1.165) is 5.56 Å². The lowest BCUT2D eigenvalue weighted by Crippen LogP contribution is -1.87. The number of hydrogen-bond donors (Lipinski definition) is 2. The zero-order valence-electron chi connectivity index (χ0n) is 6.71. The molecule has 0 aliphatic rings. The van der Waals surface area contributed by atoms with Crippen molar-refractivity contribution in [3.8, 4) is 0 Å². The maximum absolute atomic E-state index is 5.90. The molecule has 0 saturated heterocycles. The number of aliphatic imine (C=N–C) groups is 1. The van der Waals surface area contributed by atoms with Gasteiger partial charge in [0, 0.05) is 16.8 Å². The zero-order chi connectivity index (χ0) is 8.97. The predicted octanol–water partition coefficient (Wildman–Crippen LogP) is 2.23. The van der Waals surface area contributed by atoms with Gasteiger partial charge in [0.2, 0.25) is 0 Å². The van der Waals surface area contributed by atoms with Crippen LogP contribution in [0.25, 0.3) is 5.03 Å². The Balaban J connectivity index is 3.07.